The Morgan fingerprint density at radius 1 is 2.00 bits per heavy atom. The van der Waals surface area contributed by atoms with Crippen molar-refractivity contribution in [3.8, 4) is 12.5 Å². The summed E-state index contributed by atoms with van der Waals surface area (Å²) in [4.78, 5) is 0. The van der Waals surface area contributed by atoms with E-state index in [0.29, 0.717) is 0 Å². The third-order valence-electron chi connectivity index (χ3n) is 0. The van der Waals surface area contributed by atoms with Crippen LogP contribution in [0.25, 0.3) is 0 Å². The Labute approximate surface area is 30.9 Å². The van der Waals surface area contributed by atoms with E-state index in [2.05, 4.69) is 6.42 Å². The van der Waals surface area contributed by atoms with Gasteiger partial charge in [0.25, 0.3) is 0 Å². The van der Waals surface area contributed by atoms with Crippen molar-refractivity contribution in [1.29, 1.82) is 0 Å². The quantitative estimate of drug-likeness (QED) is 0.267. The average Bonchev–Trinajstić information content (AvgIpc) is 0.918. The predicted octanol–water partition coefficient (Wildman–Crippen LogP) is -0.275. The number of terminal acetylenes is 1. The van der Waals surface area contributed by atoms with Gasteiger partial charge in [-0.1, -0.05) is 6.42 Å². The van der Waals surface area contributed by atoms with Gasteiger partial charge >= 0.3 is 0 Å². The fourth-order valence-electron chi connectivity index (χ4n) is 0. The molecule has 0 aliphatic heterocycles. The molecule has 0 heterocycles. The van der Waals surface area contributed by atoms with Crippen LogP contribution in [0.15, 0.2) is 0 Å². The molecule has 0 spiro atoms. The Hall–Kier alpha value is -0.471. The number of hydrogen-bond donors (Lipinski definition) is 0. The van der Waals surface area contributed by atoms with Gasteiger partial charge in [0.15, 0.2) is 0 Å². The van der Waals surface area contributed by atoms with Gasteiger partial charge in [-0.05, 0) is 0 Å². The fraction of sp³-hybridized carbons (Fsp3) is 0. The van der Waals surface area contributed by atoms with E-state index in [1.54, 1.807) is 0 Å². The van der Waals surface area contributed by atoms with Gasteiger partial charge in [-0.3, -0.25) is 5.73 Å². The first-order valence-corrected chi connectivity index (χ1v) is 0.539. The van der Waals surface area contributed by atoms with Gasteiger partial charge < -0.3 is 0 Å². The molecular formula is C2H4BeN. The van der Waals surface area contributed by atoms with Crippen molar-refractivity contribution in [2.75, 3.05) is 0 Å². The Morgan fingerprint density at radius 3 is 2.00 bits per heavy atom. The smallest absolute Gasteiger partial charge is 0.0220 e. The molecule has 0 aliphatic carbocycles. The number of nitrogens with one attached hydrogen (secondary N) is 1. The summed E-state index contributed by atoms with van der Waals surface area (Å²) in [7, 11) is 0. The first-order chi connectivity index (χ1) is 1.41. The van der Waals surface area contributed by atoms with Gasteiger partial charge in [0.2, 0.25) is 0 Å². The Kier molecular flexibility index (Phi) is 51.0. The first kappa shape index (κ1) is 9.65. The molecule has 0 aliphatic rings. The topological polar surface area (TPSA) is 23.8 Å². The summed E-state index contributed by atoms with van der Waals surface area (Å²) in [5, 5.41) is 0. The average molecular weight is 51.1 g/mol. The predicted molar refractivity (Wildman–Crippen MR) is 19.8 cm³/mol. The van der Waals surface area contributed by atoms with Crippen molar-refractivity contribution in [1.82, 2.24) is 5.73 Å². The van der Waals surface area contributed by atoms with E-state index in [1.807, 2.05) is 0 Å². The largest absolute Gasteiger partial charge is 0.252 e. The van der Waals surface area contributed by atoms with Gasteiger partial charge in [-0.25, -0.2) is 0 Å². The van der Waals surface area contributed by atoms with E-state index in [4.69, 9.17) is 5.73 Å². The molecule has 0 aromatic rings. The van der Waals surface area contributed by atoms with Gasteiger partial charge in [0.1, 0.15) is 0 Å². The van der Waals surface area contributed by atoms with Crippen molar-refractivity contribution in [2.24, 2.45) is 0 Å². The van der Waals surface area contributed by atoms with Crippen molar-refractivity contribution < 1.29 is 1.43 Å². The third-order valence-corrected chi connectivity index (χ3v) is 0. The van der Waals surface area contributed by atoms with Crippen LogP contribution in [0, 0.1) is 12.5 Å². The normalized spacial score (nSPS) is 1.75. The van der Waals surface area contributed by atoms with Crippen LogP contribution >= 0.6 is 0 Å². The summed E-state index contributed by atoms with van der Waals surface area (Å²) in [6, 6.07) is 1.50. The van der Waals surface area contributed by atoms with E-state index in [0.717, 1.165) is 0 Å². The second kappa shape index (κ2) is 21.1. The van der Waals surface area contributed by atoms with Crippen LogP contribution in [0.5, 0.6) is 0 Å². The summed E-state index contributed by atoms with van der Waals surface area (Å²) in [6.45, 7) is 0. The minimum atomic E-state index is 0. The monoisotopic (exact) mass is 51.0 g/mol. The molecule has 0 bridgehead atoms. The molecule has 3 radical (unpaired) electrons. The van der Waals surface area contributed by atoms with Crippen LogP contribution < -0.4 is 5.73 Å². The molecule has 19 valence electrons. The molecule has 1 N–H and O–H groups in total. The molecular weight excluding hydrogens is 47.0 g/mol. The zero-order chi connectivity index (χ0) is 2.71. The molecule has 0 amide bonds. The molecule has 0 aromatic carbocycles. The second-order valence-corrected chi connectivity index (χ2v) is 0.144. The maximum absolute atomic E-state index is 5.74. The first-order valence-electron chi connectivity index (χ1n) is 0.539. The van der Waals surface area contributed by atoms with Crippen LogP contribution in [-0.2, 0) is 0 Å². The summed E-state index contributed by atoms with van der Waals surface area (Å²) < 4.78 is 0. The minimum Gasteiger partial charge on any atom is -0.252 e. The van der Waals surface area contributed by atoms with Crippen LogP contribution in [0.2, 0.25) is 0 Å². The minimum absolute atomic E-state index is 0. The summed E-state index contributed by atoms with van der Waals surface area (Å²) >= 11 is 0. The summed E-state index contributed by atoms with van der Waals surface area (Å²) in [5.74, 6) is 0. The molecule has 1 nitrogen and oxygen atoms in total. The van der Waals surface area contributed by atoms with Gasteiger partial charge in [0, 0.05) is 17.6 Å². The summed E-state index contributed by atoms with van der Waals surface area (Å²) in [5.41, 5.74) is 5.74. The molecule has 0 unspecified atom stereocenters. The van der Waals surface area contributed by atoms with Crippen LogP contribution in [0.1, 0.15) is 1.43 Å². The Morgan fingerprint density at radius 2 is 2.00 bits per heavy atom. The molecule has 0 rings (SSSR count). The molecule has 0 fully saturated rings. The molecule has 2 heteroatoms. The van der Waals surface area contributed by atoms with Crippen molar-refractivity contribution in [3.63, 3.8) is 0 Å². The maximum atomic E-state index is 5.74. The van der Waals surface area contributed by atoms with E-state index in [-0.39, 0.29) is 11.5 Å². The Balaban J connectivity index is -0.0000000200. The molecule has 4 heavy (non-hydrogen) atoms. The van der Waals surface area contributed by atoms with Crippen LogP contribution in [-0.4, -0.2) is 10.1 Å². The molecule has 0 saturated heterocycles. The maximum Gasteiger partial charge on any atom is 0.0220 e. The molecule has 0 atom stereocenters. The Bertz CT molecular complexity index is 31.1. The van der Waals surface area contributed by atoms with E-state index < -0.39 is 0 Å². The van der Waals surface area contributed by atoms with Crippen molar-refractivity contribution in [2.45, 2.75) is 0 Å². The van der Waals surface area contributed by atoms with E-state index in [1.165, 1.54) is 6.04 Å². The SMILES string of the molecule is C#C[NH].[Be].[HH]. The standard InChI is InChI=1S/C2H2N.Be.H2/c1-2-3;;/h1,3H;;1H. The summed E-state index contributed by atoms with van der Waals surface area (Å²) in [6.07, 6.45) is 4.26. The van der Waals surface area contributed by atoms with Gasteiger partial charge in [-0.2, -0.15) is 0 Å². The zero-order valence-electron chi connectivity index (χ0n) is 2.28. The number of rotatable bonds is 0. The van der Waals surface area contributed by atoms with E-state index in [9.17, 15) is 0 Å². The van der Waals surface area contributed by atoms with Gasteiger partial charge in [-0.15, -0.1) is 0 Å². The fourth-order valence-corrected chi connectivity index (χ4v) is 0. The second-order valence-electron chi connectivity index (χ2n) is 0.144. The molecule has 0 aromatic heterocycles. The van der Waals surface area contributed by atoms with E-state index >= 15 is 0 Å². The molecule has 0 saturated carbocycles. The van der Waals surface area contributed by atoms with Crippen molar-refractivity contribution in [3.05, 3.63) is 0 Å². The van der Waals surface area contributed by atoms with Crippen LogP contribution in [0.4, 0.5) is 0 Å². The zero-order valence-corrected chi connectivity index (χ0v) is 2.28. The van der Waals surface area contributed by atoms with Crippen LogP contribution in [0.3, 0.4) is 0 Å². The number of hydrogen-bond acceptors (Lipinski definition) is 0. The van der Waals surface area contributed by atoms with Crippen molar-refractivity contribution >= 4 is 10.1 Å². The van der Waals surface area contributed by atoms with Gasteiger partial charge in [0.05, 0.1) is 0 Å². The third kappa shape index (κ3) is 1.93.